The predicted octanol–water partition coefficient (Wildman–Crippen LogP) is 1.47. The van der Waals surface area contributed by atoms with Gasteiger partial charge in [-0.15, -0.1) is 0 Å². The average Bonchev–Trinajstić information content (AvgIpc) is 2.37. The molecule has 0 unspecified atom stereocenters. The minimum atomic E-state index is 0.344. The van der Waals surface area contributed by atoms with Crippen LogP contribution in [0, 0.1) is 0 Å². The van der Waals surface area contributed by atoms with Crippen molar-refractivity contribution < 1.29 is 14.2 Å². The lowest BCUT2D eigenvalue weighted by atomic mass is 9.99. The molecule has 0 saturated carbocycles. The van der Waals surface area contributed by atoms with Crippen LogP contribution < -0.4 is 11.1 Å². The van der Waals surface area contributed by atoms with Gasteiger partial charge in [0.25, 0.3) is 0 Å². The lowest BCUT2D eigenvalue weighted by molar-refractivity contribution is 0.185. The van der Waals surface area contributed by atoms with E-state index in [4.69, 9.17) is 19.9 Å². The molecule has 1 heterocycles. The minimum absolute atomic E-state index is 0.344. The Bertz CT molecular complexity index is 473. The van der Waals surface area contributed by atoms with Gasteiger partial charge < -0.3 is 25.3 Å². The number of methoxy groups -OCH3 is 2. The molecule has 0 aromatic heterocycles. The van der Waals surface area contributed by atoms with Gasteiger partial charge in [0.1, 0.15) is 0 Å². The number of ether oxygens (including phenoxy) is 3. The summed E-state index contributed by atoms with van der Waals surface area (Å²) in [5.41, 5.74) is 7.78. The average molecular weight is 250 g/mol. The Morgan fingerprint density at radius 2 is 2.17 bits per heavy atom. The first-order chi connectivity index (χ1) is 8.71. The Balaban J connectivity index is 2.49. The van der Waals surface area contributed by atoms with E-state index in [0.29, 0.717) is 23.2 Å². The van der Waals surface area contributed by atoms with Crippen LogP contribution in [0.1, 0.15) is 13.3 Å². The highest BCUT2D eigenvalue weighted by molar-refractivity contribution is 5.49. The van der Waals surface area contributed by atoms with Crippen molar-refractivity contribution in [2.75, 3.05) is 20.8 Å². The molecule has 18 heavy (non-hydrogen) atoms. The van der Waals surface area contributed by atoms with Gasteiger partial charge in [0, 0.05) is 30.3 Å². The van der Waals surface area contributed by atoms with Gasteiger partial charge in [0.05, 0.1) is 14.2 Å². The third-order valence-corrected chi connectivity index (χ3v) is 2.82. The van der Waals surface area contributed by atoms with Crippen LogP contribution in [0.25, 0.3) is 0 Å². The lowest BCUT2D eigenvalue weighted by Gasteiger charge is -2.27. The third kappa shape index (κ3) is 2.03. The third-order valence-electron chi connectivity index (χ3n) is 2.82. The van der Waals surface area contributed by atoms with Gasteiger partial charge >= 0.3 is 0 Å². The first kappa shape index (κ1) is 12.4. The SMILES string of the molecule is CCNC1=C2CC=C(OC)C(OC)=C2OC(N)=C1. The molecular weight excluding hydrogens is 232 g/mol. The summed E-state index contributed by atoms with van der Waals surface area (Å²) in [5.74, 6) is 2.22. The molecule has 1 aliphatic heterocycles. The normalized spacial score (nSPS) is 18.6. The summed E-state index contributed by atoms with van der Waals surface area (Å²) < 4.78 is 16.2. The molecular formula is C13H18N2O3. The van der Waals surface area contributed by atoms with E-state index >= 15 is 0 Å². The van der Waals surface area contributed by atoms with Gasteiger partial charge in [-0.3, -0.25) is 0 Å². The number of nitrogens with two attached hydrogens (primary N) is 1. The van der Waals surface area contributed by atoms with E-state index < -0.39 is 0 Å². The van der Waals surface area contributed by atoms with E-state index in [0.717, 1.165) is 24.2 Å². The van der Waals surface area contributed by atoms with Crippen molar-refractivity contribution in [2.45, 2.75) is 13.3 Å². The number of fused-ring (bicyclic) bond motifs is 1. The highest BCUT2D eigenvalue weighted by atomic mass is 16.5. The summed E-state index contributed by atoms with van der Waals surface area (Å²) in [6, 6.07) is 0. The topological polar surface area (TPSA) is 65.7 Å². The molecule has 0 fully saturated rings. The van der Waals surface area contributed by atoms with Crippen LogP contribution in [0.3, 0.4) is 0 Å². The van der Waals surface area contributed by atoms with Gasteiger partial charge in [-0.25, -0.2) is 0 Å². The second-order valence-corrected chi connectivity index (χ2v) is 3.91. The quantitative estimate of drug-likeness (QED) is 0.791. The van der Waals surface area contributed by atoms with Crippen LogP contribution in [0.5, 0.6) is 0 Å². The molecule has 0 aromatic rings. The van der Waals surface area contributed by atoms with Crippen LogP contribution in [-0.4, -0.2) is 20.8 Å². The van der Waals surface area contributed by atoms with E-state index in [9.17, 15) is 0 Å². The Morgan fingerprint density at radius 1 is 1.39 bits per heavy atom. The Kier molecular flexibility index (Phi) is 3.50. The smallest absolute Gasteiger partial charge is 0.204 e. The number of hydrogen-bond donors (Lipinski definition) is 2. The molecule has 2 aliphatic rings. The fourth-order valence-electron chi connectivity index (χ4n) is 2.06. The highest BCUT2D eigenvalue weighted by Gasteiger charge is 2.28. The van der Waals surface area contributed by atoms with Crippen molar-refractivity contribution in [1.29, 1.82) is 0 Å². The molecule has 0 radical (unpaired) electrons. The molecule has 3 N–H and O–H groups in total. The molecule has 0 amide bonds. The van der Waals surface area contributed by atoms with Gasteiger partial charge in [0.15, 0.2) is 17.4 Å². The Labute approximate surface area is 107 Å². The summed E-state index contributed by atoms with van der Waals surface area (Å²) in [6.45, 7) is 2.85. The molecule has 5 nitrogen and oxygen atoms in total. The van der Waals surface area contributed by atoms with Crippen molar-refractivity contribution in [3.63, 3.8) is 0 Å². The molecule has 98 valence electrons. The van der Waals surface area contributed by atoms with Crippen LogP contribution >= 0.6 is 0 Å². The van der Waals surface area contributed by atoms with E-state index in [-0.39, 0.29) is 0 Å². The van der Waals surface area contributed by atoms with Crippen LogP contribution in [0.2, 0.25) is 0 Å². The summed E-state index contributed by atoms with van der Waals surface area (Å²) in [6.07, 6.45) is 4.48. The molecule has 1 aliphatic carbocycles. The van der Waals surface area contributed by atoms with Gasteiger partial charge in [-0.1, -0.05) is 0 Å². The van der Waals surface area contributed by atoms with Crippen LogP contribution in [-0.2, 0) is 14.2 Å². The minimum Gasteiger partial charge on any atom is -0.493 e. The summed E-state index contributed by atoms with van der Waals surface area (Å²) >= 11 is 0. The second kappa shape index (κ2) is 5.08. The van der Waals surface area contributed by atoms with E-state index in [1.807, 2.05) is 13.0 Å². The van der Waals surface area contributed by atoms with Crippen molar-refractivity contribution in [3.8, 4) is 0 Å². The largest absolute Gasteiger partial charge is 0.493 e. The van der Waals surface area contributed by atoms with E-state index in [2.05, 4.69) is 5.32 Å². The number of hydrogen-bond acceptors (Lipinski definition) is 5. The summed E-state index contributed by atoms with van der Waals surface area (Å²) in [5, 5.41) is 3.28. The predicted molar refractivity (Wildman–Crippen MR) is 67.8 cm³/mol. The maximum atomic E-state index is 5.78. The number of nitrogens with one attached hydrogen (secondary N) is 1. The fourth-order valence-corrected chi connectivity index (χ4v) is 2.06. The lowest BCUT2D eigenvalue weighted by Crippen LogP contribution is -2.23. The number of allylic oxidation sites excluding steroid dienone is 3. The first-order valence-electron chi connectivity index (χ1n) is 5.86. The number of rotatable bonds is 4. The molecule has 0 spiro atoms. The summed E-state index contributed by atoms with van der Waals surface area (Å²) in [4.78, 5) is 0. The van der Waals surface area contributed by atoms with E-state index in [1.165, 1.54) is 0 Å². The standard InChI is InChI=1S/C13H18N2O3/c1-4-15-9-7-11(14)18-12-8(9)5-6-10(16-2)13(12)17-3/h6-7,15H,4-5,14H2,1-3H3. The van der Waals surface area contributed by atoms with Gasteiger partial charge in [-0.05, 0) is 13.0 Å². The Hall–Kier alpha value is -2.04. The fraction of sp³-hybridized carbons (Fsp3) is 0.385. The molecule has 5 heteroatoms. The zero-order valence-corrected chi connectivity index (χ0v) is 10.9. The molecule has 0 bridgehead atoms. The maximum absolute atomic E-state index is 5.78. The number of likely N-dealkylation sites (N-methyl/N-ethyl adjacent to an activating group) is 1. The molecule has 0 saturated heterocycles. The second-order valence-electron chi connectivity index (χ2n) is 3.91. The van der Waals surface area contributed by atoms with Crippen molar-refractivity contribution >= 4 is 0 Å². The van der Waals surface area contributed by atoms with Crippen LogP contribution in [0.15, 0.2) is 46.6 Å². The zero-order valence-electron chi connectivity index (χ0n) is 10.9. The monoisotopic (exact) mass is 250 g/mol. The molecule has 0 atom stereocenters. The molecule has 0 aromatic carbocycles. The van der Waals surface area contributed by atoms with Gasteiger partial charge in [0.2, 0.25) is 5.76 Å². The molecule has 2 rings (SSSR count). The van der Waals surface area contributed by atoms with Gasteiger partial charge in [-0.2, -0.15) is 0 Å². The zero-order chi connectivity index (χ0) is 13.1. The van der Waals surface area contributed by atoms with E-state index in [1.54, 1.807) is 20.3 Å². The summed E-state index contributed by atoms with van der Waals surface area (Å²) in [7, 11) is 3.19. The van der Waals surface area contributed by atoms with Crippen molar-refractivity contribution in [3.05, 3.63) is 46.6 Å². The van der Waals surface area contributed by atoms with Crippen molar-refractivity contribution in [2.24, 2.45) is 5.73 Å². The Morgan fingerprint density at radius 3 is 2.78 bits per heavy atom. The highest BCUT2D eigenvalue weighted by Crippen LogP contribution is 2.36. The maximum Gasteiger partial charge on any atom is 0.204 e. The van der Waals surface area contributed by atoms with Crippen molar-refractivity contribution in [1.82, 2.24) is 5.32 Å². The van der Waals surface area contributed by atoms with Crippen LogP contribution in [0.4, 0.5) is 0 Å². The first-order valence-corrected chi connectivity index (χ1v) is 5.86.